The van der Waals surface area contributed by atoms with Crippen molar-refractivity contribution in [3.05, 3.63) is 23.2 Å². The second-order valence-corrected chi connectivity index (χ2v) is 8.29. The molecule has 1 atom stereocenters. The fourth-order valence-corrected chi connectivity index (χ4v) is 4.15. The first-order valence-electron chi connectivity index (χ1n) is 10.4. The van der Waals surface area contributed by atoms with Crippen LogP contribution in [0.3, 0.4) is 0 Å². The minimum atomic E-state index is 0.360. The molecule has 0 spiro atoms. The third kappa shape index (κ3) is 5.67. The molecule has 156 valence electrons. The van der Waals surface area contributed by atoms with E-state index < -0.39 is 0 Å². The van der Waals surface area contributed by atoms with Gasteiger partial charge in [-0.3, -0.25) is 4.99 Å². The van der Waals surface area contributed by atoms with Crippen molar-refractivity contribution in [2.75, 3.05) is 58.3 Å². The smallest absolute Gasteiger partial charge is 0.191 e. The van der Waals surface area contributed by atoms with Crippen molar-refractivity contribution < 1.29 is 4.74 Å². The van der Waals surface area contributed by atoms with Crippen LogP contribution in [0, 0.1) is 5.92 Å². The summed E-state index contributed by atoms with van der Waals surface area (Å²) in [5, 5.41) is 7.77. The Bertz CT molecular complexity index is 660. The minimum absolute atomic E-state index is 0.360. The summed E-state index contributed by atoms with van der Waals surface area (Å²) in [5.41, 5.74) is 1.06. The van der Waals surface area contributed by atoms with Crippen molar-refractivity contribution in [1.82, 2.24) is 15.5 Å². The third-order valence-electron chi connectivity index (χ3n) is 5.70. The van der Waals surface area contributed by atoms with E-state index in [0.717, 1.165) is 55.0 Å². The SMILES string of the molecule is CCNC(=NCC1CCN(C)CC1)NC1CCN(c2cc(Cl)ccc2OC)C1. The van der Waals surface area contributed by atoms with Crippen LogP contribution in [0.4, 0.5) is 5.69 Å². The van der Waals surface area contributed by atoms with Gasteiger partial charge in [-0.15, -0.1) is 0 Å². The maximum absolute atomic E-state index is 6.21. The van der Waals surface area contributed by atoms with Gasteiger partial charge in [-0.25, -0.2) is 0 Å². The lowest BCUT2D eigenvalue weighted by atomic mass is 9.97. The van der Waals surface area contributed by atoms with Crippen LogP contribution >= 0.6 is 11.6 Å². The highest BCUT2D eigenvalue weighted by Crippen LogP contribution is 2.33. The van der Waals surface area contributed by atoms with Gasteiger partial charge in [0.1, 0.15) is 5.75 Å². The van der Waals surface area contributed by atoms with Crippen molar-refractivity contribution in [2.45, 2.75) is 32.2 Å². The standard InChI is InChI=1S/C21H34ClN5O/c1-4-23-21(24-14-16-7-10-26(2)11-8-16)25-18-9-12-27(15-18)19-13-17(22)5-6-20(19)28-3/h5-6,13,16,18H,4,7-12,14-15H2,1-3H3,(H2,23,24,25). The Morgan fingerprint density at radius 2 is 2.04 bits per heavy atom. The first-order chi connectivity index (χ1) is 13.6. The Morgan fingerprint density at radius 3 is 2.75 bits per heavy atom. The molecule has 7 heteroatoms. The van der Waals surface area contributed by atoms with Crippen molar-refractivity contribution in [1.29, 1.82) is 0 Å². The molecule has 2 aliphatic rings. The quantitative estimate of drug-likeness (QED) is 0.561. The van der Waals surface area contributed by atoms with E-state index in [1.54, 1.807) is 7.11 Å². The molecule has 0 saturated carbocycles. The molecule has 0 amide bonds. The molecule has 6 nitrogen and oxygen atoms in total. The van der Waals surface area contributed by atoms with Gasteiger partial charge in [0, 0.05) is 37.2 Å². The summed E-state index contributed by atoms with van der Waals surface area (Å²) >= 11 is 6.21. The van der Waals surface area contributed by atoms with E-state index >= 15 is 0 Å². The van der Waals surface area contributed by atoms with Gasteiger partial charge in [-0.1, -0.05) is 11.6 Å². The van der Waals surface area contributed by atoms with E-state index in [1.807, 2.05) is 18.2 Å². The highest BCUT2D eigenvalue weighted by Gasteiger charge is 2.26. The summed E-state index contributed by atoms with van der Waals surface area (Å²) in [7, 11) is 3.91. The second-order valence-electron chi connectivity index (χ2n) is 7.86. The van der Waals surface area contributed by atoms with Crippen LogP contribution in [-0.4, -0.2) is 70.3 Å². The second kappa shape index (κ2) is 10.2. The number of hydrogen-bond donors (Lipinski definition) is 2. The number of rotatable bonds is 6. The lowest BCUT2D eigenvalue weighted by molar-refractivity contribution is 0.223. The average Bonchev–Trinajstić information content (AvgIpc) is 3.16. The van der Waals surface area contributed by atoms with E-state index in [0.29, 0.717) is 12.0 Å². The van der Waals surface area contributed by atoms with E-state index in [2.05, 4.69) is 34.4 Å². The molecule has 1 unspecified atom stereocenters. The largest absolute Gasteiger partial charge is 0.495 e. The monoisotopic (exact) mass is 407 g/mol. The fraction of sp³-hybridized carbons (Fsp3) is 0.667. The van der Waals surface area contributed by atoms with Gasteiger partial charge >= 0.3 is 0 Å². The number of guanidine groups is 1. The number of likely N-dealkylation sites (tertiary alicyclic amines) is 1. The number of methoxy groups -OCH3 is 1. The molecule has 2 heterocycles. The number of anilines is 1. The molecular formula is C21H34ClN5O. The van der Waals surface area contributed by atoms with Crippen LogP contribution in [0.25, 0.3) is 0 Å². The van der Waals surface area contributed by atoms with Crippen LogP contribution in [0.2, 0.25) is 5.02 Å². The van der Waals surface area contributed by atoms with Crippen LogP contribution in [0.1, 0.15) is 26.2 Å². The zero-order valence-corrected chi connectivity index (χ0v) is 18.1. The van der Waals surface area contributed by atoms with Crippen LogP contribution < -0.4 is 20.3 Å². The fourth-order valence-electron chi connectivity index (χ4n) is 3.99. The number of nitrogens with one attached hydrogen (secondary N) is 2. The topological polar surface area (TPSA) is 52.1 Å². The summed E-state index contributed by atoms with van der Waals surface area (Å²) in [6.45, 7) is 8.15. The molecule has 0 bridgehead atoms. The van der Waals surface area contributed by atoms with E-state index in [-0.39, 0.29) is 0 Å². The van der Waals surface area contributed by atoms with Crippen LogP contribution in [0.5, 0.6) is 5.75 Å². The molecule has 3 rings (SSSR count). The number of hydrogen-bond acceptors (Lipinski definition) is 4. The molecule has 1 aromatic rings. The summed E-state index contributed by atoms with van der Waals surface area (Å²) in [4.78, 5) is 9.62. The first kappa shape index (κ1) is 21.1. The Morgan fingerprint density at radius 1 is 1.25 bits per heavy atom. The van der Waals surface area contributed by atoms with Crippen LogP contribution in [0.15, 0.2) is 23.2 Å². The predicted octanol–water partition coefficient (Wildman–Crippen LogP) is 2.82. The number of nitrogens with zero attached hydrogens (tertiary/aromatic N) is 3. The van der Waals surface area contributed by atoms with Crippen molar-refractivity contribution in [3.8, 4) is 5.75 Å². The van der Waals surface area contributed by atoms with Crippen molar-refractivity contribution in [3.63, 3.8) is 0 Å². The maximum atomic E-state index is 6.21. The molecule has 2 fully saturated rings. The van der Waals surface area contributed by atoms with Gasteiger partial charge in [0.2, 0.25) is 0 Å². The van der Waals surface area contributed by atoms with Gasteiger partial charge < -0.3 is 25.2 Å². The summed E-state index contributed by atoms with van der Waals surface area (Å²) in [5.74, 6) is 2.50. The van der Waals surface area contributed by atoms with E-state index in [4.69, 9.17) is 21.3 Å². The molecule has 0 aliphatic carbocycles. The molecule has 28 heavy (non-hydrogen) atoms. The number of ether oxygens (including phenoxy) is 1. The Labute approximate surface area is 174 Å². The first-order valence-corrected chi connectivity index (χ1v) is 10.8. The number of benzene rings is 1. The number of piperidine rings is 1. The normalized spacial score (nSPS) is 21.8. The van der Waals surface area contributed by atoms with Gasteiger partial charge in [0.15, 0.2) is 5.96 Å². The zero-order valence-electron chi connectivity index (χ0n) is 17.4. The van der Waals surface area contributed by atoms with Gasteiger partial charge in [-0.05, 0) is 70.4 Å². The summed E-state index contributed by atoms with van der Waals surface area (Å²) in [6, 6.07) is 6.15. The molecular weight excluding hydrogens is 374 g/mol. The lowest BCUT2D eigenvalue weighted by Crippen LogP contribution is -2.45. The Hall–Kier alpha value is -1.66. The predicted molar refractivity (Wildman–Crippen MR) is 118 cm³/mol. The van der Waals surface area contributed by atoms with Gasteiger partial charge in [0.25, 0.3) is 0 Å². The molecule has 0 radical (unpaired) electrons. The van der Waals surface area contributed by atoms with Crippen molar-refractivity contribution in [2.24, 2.45) is 10.9 Å². The van der Waals surface area contributed by atoms with Crippen LogP contribution in [-0.2, 0) is 0 Å². The maximum Gasteiger partial charge on any atom is 0.191 e. The number of halogens is 1. The molecule has 0 aromatic heterocycles. The van der Waals surface area contributed by atoms with E-state index in [9.17, 15) is 0 Å². The minimum Gasteiger partial charge on any atom is -0.495 e. The Kier molecular flexibility index (Phi) is 7.68. The molecule has 2 saturated heterocycles. The zero-order chi connectivity index (χ0) is 19.9. The van der Waals surface area contributed by atoms with Crippen molar-refractivity contribution >= 4 is 23.2 Å². The highest BCUT2D eigenvalue weighted by atomic mass is 35.5. The molecule has 2 N–H and O–H groups in total. The Balaban J connectivity index is 1.57. The lowest BCUT2D eigenvalue weighted by Gasteiger charge is -2.28. The van der Waals surface area contributed by atoms with E-state index in [1.165, 1.54) is 25.9 Å². The molecule has 1 aromatic carbocycles. The summed E-state index contributed by atoms with van der Waals surface area (Å²) in [6.07, 6.45) is 3.55. The highest BCUT2D eigenvalue weighted by molar-refractivity contribution is 6.30. The summed E-state index contributed by atoms with van der Waals surface area (Å²) < 4.78 is 5.52. The van der Waals surface area contributed by atoms with Gasteiger partial charge in [0.05, 0.1) is 12.8 Å². The average molecular weight is 408 g/mol. The van der Waals surface area contributed by atoms with Gasteiger partial charge in [-0.2, -0.15) is 0 Å². The number of aliphatic imine (C=N–C) groups is 1. The molecule has 2 aliphatic heterocycles. The third-order valence-corrected chi connectivity index (χ3v) is 5.94.